The molecule has 9 heteroatoms. The van der Waals surface area contributed by atoms with Crippen molar-refractivity contribution in [1.82, 2.24) is 4.98 Å². The third-order valence-electron chi connectivity index (χ3n) is 5.67. The number of Topliss-reactive ketones (excluding diaryl/α,β-unsaturated/α-hetero) is 1. The van der Waals surface area contributed by atoms with Gasteiger partial charge in [-0.1, -0.05) is 12.1 Å². The number of ether oxygens (including phenoxy) is 2. The molecule has 0 aliphatic carbocycles. The van der Waals surface area contributed by atoms with Crippen LogP contribution >= 0.6 is 0 Å². The van der Waals surface area contributed by atoms with E-state index in [1.165, 1.54) is 11.8 Å². The lowest BCUT2D eigenvalue weighted by Gasteiger charge is -2.25. The molecular formula is C26H21N3O6. The summed E-state index contributed by atoms with van der Waals surface area (Å²) in [5, 5.41) is 14.0. The van der Waals surface area contributed by atoms with Gasteiger partial charge >= 0.3 is 0 Å². The van der Waals surface area contributed by atoms with Crippen LogP contribution in [0.3, 0.4) is 0 Å². The third kappa shape index (κ3) is 4.08. The average Bonchev–Trinajstić information content (AvgIpc) is 3.14. The second kappa shape index (κ2) is 8.94. The number of nitrogens with one attached hydrogen (secondary N) is 1. The van der Waals surface area contributed by atoms with Crippen LogP contribution in [0.15, 0.2) is 72.4 Å². The van der Waals surface area contributed by atoms with Crippen molar-refractivity contribution in [2.75, 3.05) is 23.4 Å². The summed E-state index contributed by atoms with van der Waals surface area (Å²) < 4.78 is 11.1. The minimum atomic E-state index is -0.989. The average molecular weight is 471 g/mol. The molecule has 2 N–H and O–H groups in total. The molecule has 3 aromatic rings. The molecule has 0 bridgehead atoms. The zero-order chi connectivity index (χ0) is 24.5. The first-order valence-corrected chi connectivity index (χ1v) is 10.9. The highest BCUT2D eigenvalue weighted by molar-refractivity contribution is 6.51. The molecule has 176 valence electrons. The number of rotatable bonds is 4. The molecule has 2 aliphatic rings. The Kier molecular flexibility index (Phi) is 5.66. The molecule has 1 saturated heterocycles. The van der Waals surface area contributed by atoms with Gasteiger partial charge in [0.05, 0.1) is 11.3 Å². The molecule has 5 rings (SSSR count). The molecule has 2 aromatic carbocycles. The molecule has 0 radical (unpaired) electrons. The van der Waals surface area contributed by atoms with Crippen molar-refractivity contribution >= 4 is 34.7 Å². The summed E-state index contributed by atoms with van der Waals surface area (Å²) in [6.45, 7) is 2.15. The largest absolute Gasteiger partial charge is 0.507 e. The first-order chi connectivity index (χ1) is 16.9. The minimum absolute atomic E-state index is 0.102. The smallest absolute Gasteiger partial charge is 0.300 e. The van der Waals surface area contributed by atoms with Crippen LogP contribution in [-0.4, -0.2) is 40.9 Å². The quantitative estimate of drug-likeness (QED) is 0.340. The van der Waals surface area contributed by atoms with Crippen molar-refractivity contribution in [3.05, 3.63) is 83.7 Å². The predicted octanol–water partition coefficient (Wildman–Crippen LogP) is 3.44. The molecule has 2 aliphatic heterocycles. The van der Waals surface area contributed by atoms with Crippen LogP contribution < -0.4 is 19.7 Å². The number of anilines is 2. The van der Waals surface area contributed by atoms with E-state index in [2.05, 4.69) is 10.3 Å². The number of amides is 2. The van der Waals surface area contributed by atoms with E-state index < -0.39 is 17.7 Å². The summed E-state index contributed by atoms with van der Waals surface area (Å²) in [4.78, 5) is 43.7. The van der Waals surface area contributed by atoms with E-state index in [1.807, 2.05) is 0 Å². The second-order valence-corrected chi connectivity index (χ2v) is 8.01. The number of benzene rings is 2. The van der Waals surface area contributed by atoms with Gasteiger partial charge in [-0.3, -0.25) is 24.3 Å². The highest BCUT2D eigenvalue weighted by Gasteiger charge is 2.47. The van der Waals surface area contributed by atoms with Crippen molar-refractivity contribution in [2.24, 2.45) is 0 Å². The van der Waals surface area contributed by atoms with Gasteiger partial charge in [0.25, 0.3) is 11.7 Å². The number of hydrogen-bond donors (Lipinski definition) is 2. The molecule has 0 spiro atoms. The highest BCUT2D eigenvalue weighted by atomic mass is 16.6. The Morgan fingerprint density at radius 2 is 1.83 bits per heavy atom. The zero-order valence-electron chi connectivity index (χ0n) is 18.7. The molecule has 35 heavy (non-hydrogen) atoms. The topological polar surface area (TPSA) is 118 Å². The van der Waals surface area contributed by atoms with Crippen molar-refractivity contribution in [1.29, 1.82) is 0 Å². The van der Waals surface area contributed by atoms with E-state index in [-0.39, 0.29) is 17.2 Å². The van der Waals surface area contributed by atoms with Crippen LogP contribution in [0.4, 0.5) is 11.4 Å². The summed E-state index contributed by atoms with van der Waals surface area (Å²) in [5.41, 5.74) is 1.44. The molecular weight excluding hydrogens is 450 g/mol. The Morgan fingerprint density at radius 3 is 2.57 bits per heavy atom. The lowest BCUT2D eigenvalue weighted by Crippen LogP contribution is -2.30. The maximum absolute atomic E-state index is 13.3. The Labute approximate surface area is 200 Å². The number of nitrogens with zero attached hydrogens (tertiary/aromatic N) is 2. The summed E-state index contributed by atoms with van der Waals surface area (Å²) in [7, 11) is 0. The normalized spacial score (nSPS) is 18.4. The number of fused-ring (bicyclic) bond motifs is 1. The van der Waals surface area contributed by atoms with Crippen LogP contribution in [0.25, 0.3) is 5.76 Å². The first-order valence-electron chi connectivity index (χ1n) is 10.9. The third-order valence-corrected chi connectivity index (χ3v) is 5.67. The van der Waals surface area contributed by atoms with Crippen LogP contribution in [0.2, 0.25) is 0 Å². The molecule has 9 nitrogen and oxygen atoms in total. The van der Waals surface area contributed by atoms with Crippen molar-refractivity contribution in [3.63, 3.8) is 0 Å². The predicted molar refractivity (Wildman–Crippen MR) is 127 cm³/mol. The number of aliphatic hydroxyl groups is 1. The Balaban J connectivity index is 1.66. The maximum Gasteiger partial charge on any atom is 0.300 e. The van der Waals surface area contributed by atoms with Crippen LogP contribution in [0.1, 0.15) is 24.2 Å². The van der Waals surface area contributed by atoms with Crippen LogP contribution in [-0.2, 0) is 14.4 Å². The maximum atomic E-state index is 13.3. The number of carbonyl (C=O) groups excluding carboxylic acids is 3. The Bertz CT molecular complexity index is 1370. The fourth-order valence-electron chi connectivity index (χ4n) is 4.20. The van der Waals surface area contributed by atoms with E-state index in [9.17, 15) is 19.5 Å². The van der Waals surface area contributed by atoms with Gasteiger partial charge < -0.3 is 19.9 Å². The molecule has 1 atom stereocenters. The minimum Gasteiger partial charge on any atom is -0.507 e. The van der Waals surface area contributed by atoms with Crippen molar-refractivity contribution in [2.45, 2.75) is 13.0 Å². The molecule has 0 saturated carbocycles. The number of hydrogen-bond acceptors (Lipinski definition) is 7. The fraction of sp³-hybridized carbons (Fsp3) is 0.154. The SMILES string of the molecule is CC(=O)Nc1cccc(N2C(=O)C(=O)/C(=C(\O)c3ccc4c(c3)OCCO4)C2c2ccccn2)c1. The first kappa shape index (κ1) is 22.1. The van der Waals surface area contributed by atoms with Gasteiger partial charge in [-0.25, -0.2) is 0 Å². The number of carbonyl (C=O) groups is 3. The van der Waals surface area contributed by atoms with Gasteiger partial charge in [-0.05, 0) is 48.5 Å². The summed E-state index contributed by atoms with van der Waals surface area (Å²) in [6.07, 6.45) is 1.55. The van der Waals surface area contributed by atoms with E-state index in [0.29, 0.717) is 47.3 Å². The summed E-state index contributed by atoms with van der Waals surface area (Å²) >= 11 is 0. The summed E-state index contributed by atoms with van der Waals surface area (Å²) in [6, 6.07) is 15.5. The van der Waals surface area contributed by atoms with Gasteiger partial charge in [0.1, 0.15) is 25.0 Å². The van der Waals surface area contributed by atoms with E-state index in [0.717, 1.165) is 0 Å². The molecule has 1 fully saturated rings. The zero-order valence-corrected chi connectivity index (χ0v) is 18.7. The fourth-order valence-corrected chi connectivity index (χ4v) is 4.20. The Morgan fingerprint density at radius 1 is 1.03 bits per heavy atom. The highest BCUT2D eigenvalue weighted by Crippen LogP contribution is 2.43. The monoisotopic (exact) mass is 471 g/mol. The van der Waals surface area contributed by atoms with Gasteiger partial charge in [0.2, 0.25) is 5.91 Å². The second-order valence-electron chi connectivity index (χ2n) is 8.01. The number of aliphatic hydroxyl groups excluding tert-OH is 1. The van der Waals surface area contributed by atoms with Crippen LogP contribution in [0.5, 0.6) is 11.5 Å². The number of ketones is 1. The lowest BCUT2D eigenvalue weighted by atomic mass is 9.98. The van der Waals surface area contributed by atoms with Crippen molar-refractivity contribution < 1.29 is 29.0 Å². The molecule has 1 aromatic heterocycles. The molecule has 1 unspecified atom stereocenters. The van der Waals surface area contributed by atoms with Gasteiger partial charge in [-0.2, -0.15) is 0 Å². The van der Waals surface area contributed by atoms with E-state index in [1.54, 1.807) is 66.9 Å². The summed E-state index contributed by atoms with van der Waals surface area (Å²) in [5.74, 6) is -1.32. The van der Waals surface area contributed by atoms with Crippen molar-refractivity contribution in [3.8, 4) is 11.5 Å². The standard InChI is InChI=1S/C26H21N3O6/c1-15(30)28-17-5-4-6-18(14-17)29-23(19-7-2-3-10-27-19)22(25(32)26(29)33)24(31)16-8-9-20-21(13-16)35-12-11-34-20/h2-10,13-14,23,31H,11-12H2,1H3,(H,28,30)/b24-22-. The van der Waals surface area contributed by atoms with Crippen LogP contribution in [0, 0.1) is 0 Å². The molecule has 2 amide bonds. The van der Waals surface area contributed by atoms with Gasteiger partial charge in [0, 0.05) is 30.1 Å². The van der Waals surface area contributed by atoms with E-state index >= 15 is 0 Å². The molecule has 3 heterocycles. The Hall–Kier alpha value is -4.66. The van der Waals surface area contributed by atoms with Gasteiger partial charge in [0.15, 0.2) is 11.5 Å². The number of aromatic nitrogens is 1. The number of pyridine rings is 1. The van der Waals surface area contributed by atoms with Gasteiger partial charge in [-0.15, -0.1) is 0 Å². The lowest BCUT2D eigenvalue weighted by molar-refractivity contribution is -0.132. The van der Waals surface area contributed by atoms with E-state index in [4.69, 9.17) is 9.47 Å².